The molecule has 0 aliphatic carbocycles. The number of fused-ring (bicyclic) bond motifs is 1. The highest BCUT2D eigenvalue weighted by molar-refractivity contribution is 5.97. The van der Waals surface area contributed by atoms with Crippen LogP contribution in [-0.4, -0.2) is 15.9 Å². The third-order valence-corrected chi connectivity index (χ3v) is 2.48. The SMILES string of the molecule is O=C1Nc2ncccc2OC1c1cccnc1. The van der Waals surface area contributed by atoms with Crippen molar-refractivity contribution < 1.29 is 9.53 Å². The summed E-state index contributed by atoms with van der Waals surface area (Å²) < 4.78 is 5.62. The van der Waals surface area contributed by atoms with Gasteiger partial charge in [0.15, 0.2) is 11.6 Å². The van der Waals surface area contributed by atoms with E-state index >= 15 is 0 Å². The molecule has 0 aromatic carbocycles. The Morgan fingerprint density at radius 3 is 2.94 bits per heavy atom. The van der Waals surface area contributed by atoms with E-state index in [1.807, 2.05) is 0 Å². The number of carbonyl (C=O) groups is 1. The molecule has 1 N–H and O–H groups in total. The van der Waals surface area contributed by atoms with Gasteiger partial charge in [0, 0.05) is 24.2 Å². The minimum atomic E-state index is -0.666. The normalized spacial score (nSPS) is 17.9. The summed E-state index contributed by atoms with van der Waals surface area (Å²) in [5.41, 5.74) is 0.722. The van der Waals surface area contributed by atoms with Crippen LogP contribution in [0.1, 0.15) is 11.7 Å². The molecule has 0 fully saturated rings. The van der Waals surface area contributed by atoms with Crippen molar-refractivity contribution in [2.45, 2.75) is 6.10 Å². The van der Waals surface area contributed by atoms with Crippen LogP contribution in [0.3, 0.4) is 0 Å². The van der Waals surface area contributed by atoms with Crippen molar-refractivity contribution in [2.75, 3.05) is 5.32 Å². The van der Waals surface area contributed by atoms with Crippen molar-refractivity contribution >= 4 is 11.7 Å². The molecule has 0 radical (unpaired) electrons. The summed E-state index contributed by atoms with van der Waals surface area (Å²) in [4.78, 5) is 19.9. The Morgan fingerprint density at radius 2 is 2.12 bits per heavy atom. The fourth-order valence-electron chi connectivity index (χ4n) is 1.69. The second kappa shape index (κ2) is 3.86. The summed E-state index contributed by atoms with van der Waals surface area (Å²) in [5, 5.41) is 2.71. The zero-order valence-electron chi connectivity index (χ0n) is 8.83. The van der Waals surface area contributed by atoms with Crippen LogP contribution < -0.4 is 10.1 Å². The van der Waals surface area contributed by atoms with Crippen LogP contribution in [0.25, 0.3) is 0 Å². The lowest BCUT2D eigenvalue weighted by atomic mass is 10.1. The van der Waals surface area contributed by atoms with E-state index in [-0.39, 0.29) is 5.91 Å². The Labute approximate surface area is 97.5 Å². The first-order valence-electron chi connectivity index (χ1n) is 5.17. The molecule has 0 saturated carbocycles. The molecule has 0 spiro atoms. The predicted molar refractivity (Wildman–Crippen MR) is 60.5 cm³/mol. The molecule has 84 valence electrons. The lowest BCUT2D eigenvalue weighted by Gasteiger charge is -2.24. The van der Waals surface area contributed by atoms with Crippen LogP contribution in [0.2, 0.25) is 0 Å². The van der Waals surface area contributed by atoms with E-state index in [0.717, 1.165) is 5.56 Å². The highest BCUT2D eigenvalue weighted by Gasteiger charge is 2.29. The van der Waals surface area contributed by atoms with Crippen molar-refractivity contribution in [1.82, 2.24) is 9.97 Å². The van der Waals surface area contributed by atoms with Gasteiger partial charge in [-0.25, -0.2) is 4.98 Å². The Kier molecular flexibility index (Phi) is 2.22. The standard InChI is InChI=1S/C12H9N3O2/c16-12-10(8-3-1-5-13-7-8)17-9-4-2-6-14-11(9)15-12/h1-7,10H,(H,14,15,16). The molecule has 2 aromatic rings. The number of anilines is 1. The van der Waals surface area contributed by atoms with Gasteiger partial charge >= 0.3 is 0 Å². The van der Waals surface area contributed by atoms with E-state index in [2.05, 4.69) is 15.3 Å². The number of ether oxygens (including phenoxy) is 1. The van der Waals surface area contributed by atoms with Crippen LogP contribution in [0.5, 0.6) is 5.75 Å². The second-order valence-electron chi connectivity index (χ2n) is 3.62. The Balaban J connectivity index is 1.98. The summed E-state index contributed by atoms with van der Waals surface area (Å²) in [5.74, 6) is 0.794. The molecule has 1 aliphatic heterocycles. The van der Waals surface area contributed by atoms with Gasteiger partial charge in [-0.2, -0.15) is 0 Å². The summed E-state index contributed by atoms with van der Waals surface area (Å²) in [7, 11) is 0. The smallest absolute Gasteiger partial charge is 0.271 e. The van der Waals surface area contributed by atoms with Gasteiger partial charge in [-0.05, 0) is 18.2 Å². The van der Waals surface area contributed by atoms with Crippen LogP contribution in [-0.2, 0) is 4.79 Å². The molecule has 3 heterocycles. The topological polar surface area (TPSA) is 64.1 Å². The minimum Gasteiger partial charge on any atom is -0.472 e. The molecule has 0 saturated heterocycles. The van der Waals surface area contributed by atoms with E-state index in [9.17, 15) is 4.79 Å². The third kappa shape index (κ3) is 1.71. The van der Waals surface area contributed by atoms with Gasteiger partial charge in [-0.15, -0.1) is 0 Å². The molecule has 5 nitrogen and oxygen atoms in total. The van der Waals surface area contributed by atoms with E-state index in [1.165, 1.54) is 0 Å². The van der Waals surface area contributed by atoms with Crippen molar-refractivity contribution in [3.8, 4) is 5.75 Å². The maximum atomic E-state index is 11.9. The quantitative estimate of drug-likeness (QED) is 0.802. The van der Waals surface area contributed by atoms with Crippen molar-refractivity contribution in [3.63, 3.8) is 0 Å². The van der Waals surface area contributed by atoms with Crippen molar-refractivity contribution in [2.24, 2.45) is 0 Å². The lowest BCUT2D eigenvalue weighted by Crippen LogP contribution is -2.30. The van der Waals surface area contributed by atoms with Gasteiger partial charge in [0.05, 0.1) is 0 Å². The number of nitrogens with zero attached hydrogens (tertiary/aromatic N) is 2. The van der Waals surface area contributed by atoms with Crippen LogP contribution >= 0.6 is 0 Å². The zero-order valence-corrected chi connectivity index (χ0v) is 8.83. The van der Waals surface area contributed by atoms with Crippen LogP contribution in [0, 0.1) is 0 Å². The zero-order chi connectivity index (χ0) is 11.7. The molecule has 1 amide bonds. The maximum absolute atomic E-state index is 11.9. The summed E-state index contributed by atoms with van der Waals surface area (Å²) in [6.07, 6.45) is 4.21. The lowest BCUT2D eigenvalue weighted by molar-refractivity contribution is -0.123. The average molecular weight is 227 g/mol. The van der Waals surface area contributed by atoms with Gasteiger partial charge < -0.3 is 10.1 Å². The number of hydrogen-bond acceptors (Lipinski definition) is 4. The minimum absolute atomic E-state index is 0.232. The van der Waals surface area contributed by atoms with Gasteiger partial charge in [0.25, 0.3) is 5.91 Å². The molecule has 5 heteroatoms. The fraction of sp³-hybridized carbons (Fsp3) is 0.0833. The number of aromatic nitrogens is 2. The number of pyridine rings is 2. The number of carbonyl (C=O) groups excluding carboxylic acids is 1. The first-order chi connectivity index (χ1) is 8.34. The highest BCUT2D eigenvalue weighted by Crippen LogP contribution is 2.32. The summed E-state index contributed by atoms with van der Waals surface area (Å²) >= 11 is 0. The van der Waals surface area contributed by atoms with Crippen molar-refractivity contribution in [1.29, 1.82) is 0 Å². The Hall–Kier alpha value is -2.43. The van der Waals surface area contributed by atoms with Crippen LogP contribution in [0.15, 0.2) is 42.9 Å². The molecule has 1 unspecified atom stereocenters. The van der Waals surface area contributed by atoms with Crippen LogP contribution in [0.4, 0.5) is 5.82 Å². The number of hydrogen-bond donors (Lipinski definition) is 1. The summed E-state index contributed by atoms with van der Waals surface area (Å²) in [6, 6.07) is 7.10. The largest absolute Gasteiger partial charge is 0.472 e. The van der Waals surface area contributed by atoms with E-state index in [4.69, 9.17) is 4.74 Å². The average Bonchev–Trinajstić information content (AvgIpc) is 2.39. The first-order valence-corrected chi connectivity index (χ1v) is 5.17. The van der Waals surface area contributed by atoms with E-state index in [1.54, 1.807) is 42.9 Å². The van der Waals surface area contributed by atoms with Gasteiger partial charge in [0.2, 0.25) is 6.10 Å². The Morgan fingerprint density at radius 1 is 1.24 bits per heavy atom. The molecular weight excluding hydrogens is 218 g/mol. The second-order valence-corrected chi connectivity index (χ2v) is 3.62. The van der Waals surface area contributed by atoms with Gasteiger partial charge in [-0.3, -0.25) is 9.78 Å². The first kappa shape index (κ1) is 9.77. The maximum Gasteiger partial charge on any atom is 0.271 e. The van der Waals surface area contributed by atoms with Gasteiger partial charge in [-0.1, -0.05) is 6.07 Å². The van der Waals surface area contributed by atoms with E-state index in [0.29, 0.717) is 11.6 Å². The molecule has 1 aliphatic rings. The molecule has 0 bridgehead atoms. The number of nitrogens with one attached hydrogen (secondary N) is 1. The molecule has 1 atom stereocenters. The highest BCUT2D eigenvalue weighted by atomic mass is 16.5. The van der Waals surface area contributed by atoms with Crippen molar-refractivity contribution in [3.05, 3.63) is 48.4 Å². The molecule has 17 heavy (non-hydrogen) atoms. The monoisotopic (exact) mass is 227 g/mol. The van der Waals surface area contributed by atoms with Gasteiger partial charge in [0.1, 0.15) is 0 Å². The molecular formula is C12H9N3O2. The summed E-state index contributed by atoms with van der Waals surface area (Å²) in [6.45, 7) is 0. The fourth-order valence-corrected chi connectivity index (χ4v) is 1.69. The predicted octanol–water partition coefficient (Wildman–Crippen LogP) is 1.55. The molecule has 3 rings (SSSR count). The number of rotatable bonds is 1. The van der Waals surface area contributed by atoms with E-state index < -0.39 is 6.10 Å². The molecule has 2 aromatic heterocycles. The Bertz CT molecular complexity index is 557. The third-order valence-electron chi connectivity index (χ3n) is 2.48. The number of amides is 1.